The summed E-state index contributed by atoms with van der Waals surface area (Å²) in [5.74, 6) is 0.269. The van der Waals surface area contributed by atoms with Gasteiger partial charge < -0.3 is 10.6 Å². The molecule has 0 bridgehead atoms. The molecule has 0 aliphatic heterocycles. The zero-order valence-electron chi connectivity index (χ0n) is 15.5. The minimum absolute atomic E-state index is 0.0720. The van der Waals surface area contributed by atoms with E-state index in [0.29, 0.717) is 24.6 Å². The Kier molecular flexibility index (Phi) is 5.19. The van der Waals surface area contributed by atoms with Crippen LogP contribution in [0.25, 0.3) is 0 Å². The van der Waals surface area contributed by atoms with Gasteiger partial charge in [-0.2, -0.15) is 0 Å². The fourth-order valence-electron chi connectivity index (χ4n) is 3.06. The number of carbonyl (C=O) groups is 1. The highest BCUT2D eigenvalue weighted by Gasteiger charge is 2.25. The first-order chi connectivity index (χ1) is 13.7. The SMILES string of the molecule is O=C(NCCn1cnc(C2CC2)cc1=O)c1ccccc1Nc1ccccc1. The maximum Gasteiger partial charge on any atom is 0.253 e. The molecule has 4 rings (SSSR count). The number of nitrogens with zero attached hydrogens (tertiary/aromatic N) is 2. The summed E-state index contributed by atoms with van der Waals surface area (Å²) in [5.41, 5.74) is 3.01. The van der Waals surface area contributed by atoms with Crippen molar-refractivity contribution in [2.45, 2.75) is 25.3 Å². The van der Waals surface area contributed by atoms with E-state index >= 15 is 0 Å². The van der Waals surface area contributed by atoms with Crippen molar-refractivity contribution in [1.82, 2.24) is 14.9 Å². The smallest absolute Gasteiger partial charge is 0.253 e. The van der Waals surface area contributed by atoms with E-state index in [0.717, 1.165) is 29.9 Å². The Morgan fingerprint density at radius 3 is 2.57 bits per heavy atom. The second-order valence-corrected chi connectivity index (χ2v) is 6.91. The van der Waals surface area contributed by atoms with Crippen LogP contribution in [0, 0.1) is 0 Å². The minimum atomic E-state index is -0.186. The molecule has 1 amide bonds. The molecule has 0 radical (unpaired) electrons. The average molecular weight is 374 g/mol. The molecule has 28 heavy (non-hydrogen) atoms. The van der Waals surface area contributed by atoms with Crippen LogP contribution in [0.3, 0.4) is 0 Å². The number of nitrogens with one attached hydrogen (secondary N) is 2. The van der Waals surface area contributed by atoms with Crippen molar-refractivity contribution in [2.75, 3.05) is 11.9 Å². The number of amides is 1. The molecule has 6 nitrogen and oxygen atoms in total. The molecule has 1 heterocycles. The van der Waals surface area contributed by atoms with E-state index < -0.39 is 0 Å². The first-order valence-electron chi connectivity index (χ1n) is 9.46. The number of hydrogen-bond acceptors (Lipinski definition) is 4. The number of benzene rings is 2. The predicted octanol–water partition coefficient (Wildman–Crippen LogP) is 3.29. The van der Waals surface area contributed by atoms with E-state index in [2.05, 4.69) is 15.6 Å². The highest BCUT2D eigenvalue weighted by Crippen LogP contribution is 2.38. The van der Waals surface area contributed by atoms with Crippen LogP contribution in [0.1, 0.15) is 34.8 Å². The summed E-state index contributed by atoms with van der Waals surface area (Å²) >= 11 is 0. The van der Waals surface area contributed by atoms with Crippen LogP contribution in [0.5, 0.6) is 0 Å². The van der Waals surface area contributed by atoms with Gasteiger partial charge in [0.25, 0.3) is 11.5 Å². The molecule has 1 fully saturated rings. The molecular weight excluding hydrogens is 352 g/mol. The van der Waals surface area contributed by atoms with Crippen LogP contribution in [0.4, 0.5) is 11.4 Å². The molecule has 1 saturated carbocycles. The van der Waals surface area contributed by atoms with Gasteiger partial charge in [0.1, 0.15) is 0 Å². The summed E-state index contributed by atoms with van der Waals surface area (Å²) in [5, 5.41) is 6.15. The molecule has 0 atom stereocenters. The molecule has 0 unspecified atom stereocenters. The Labute approximate surface area is 163 Å². The predicted molar refractivity (Wildman–Crippen MR) is 109 cm³/mol. The average Bonchev–Trinajstić information content (AvgIpc) is 3.56. The normalized spacial score (nSPS) is 13.1. The molecule has 2 aromatic carbocycles. The first-order valence-corrected chi connectivity index (χ1v) is 9.46. The monoisotopic (exact) mass is 374 g/mol. The highest BCUT2D eigenvalue weighted by molar-refractivity contribution is 6.00. The van der Waals surface area contributed by atoms with Crippen molar-refractivity contribution >= 4 is 17.3 Å². The van der Waals surface area contributed by atoms with Crippen LogP contribution in [0.15, 0.2) is 71.8 Å². The molecule has 6 heteroatoms. The largest absolute Gasteiger partial charge is 0.355 e. The maximum atomic E-state index is 12.6. The summed E-state index contributed by atoms with van der Waals surface area (Å²) in [6, 6.07) is 18.7. The molecule has 0 spiro atoms. The molecule has 1 aromatic heterocycles. The van der Waals surface area contributed by atoms with E-state index in [1.807, 2.05) is 48.5 Å². The van der Waals surface area contributed by atoms with Gasteiger partial charge in [0.2, 0.25) is 0 Å². The second kappa shape index (κ2) is 8.08. The van der Waals surface area contributed by atoms with Crippen LogP contribution < -0.4 is 16.2 Å². The second-order valence-electron chi connectivity index (χ2n) is 6.91. The van der Waals surface area contributed by atoms with E-state index in [9.17, 15) is 9.59 Å². The molecular formula is C22H22N4O2. The van der Waals surface area contributed by atoms with Gasteiger partial charge in [-0.1, -0.05) is 30.3 Å². The Bertz CT molecular complexity index is 1030. The van der Waals surface area contributed by atoms with Crippen LogP contribution in [-0.4, -0.2) is 22.0 Å². The lowest BCUT2D eigenvalue weighted by molar-refractivity contribution is 0.0953. The van der Waals surface area contributed by atoms with Crippen LogP contribution in [0.2, 0.25) is 0 Å². The lowest BCUT2D eigenvalue weighted by atomic mass is 10.1. The van der Waals surface area contributed by atoms with Crippen LogP contribution in [-0.2, 0) is 6.54 Å². The number of hydrogen-bond donors (Lipinski definition) is 2. The summed E-state index contributed by atoms with van der Waals surface area (Å²) in [6.45, 7) is 0.736. The lowest BCUT2D eigenvalue weighted by Gasteiger charge is -2.13. The minimum Gasteiger partial charge on any atom is -0.355 e. The van der Waals surface area contributed by atoms with Gasteiger partial charge in [-0.3, -0.25) is 14.2 Å². The highest BCUT2D eigenvalue weighted by atomic mass is 16.1. The van der Waals surface area contributed by atoms with Gasteiger partial charge in [0.05, 0.1) is 23.3 Å². The van der Waals surface area contributed by atoms with Crippen molar-refractivity contribution < 1.29 is 4.79 Å². The molecule has 0 saturated heterocycles. The van der Waals surface area contributed by atoms with Crippen molar-refractivity contribution in [3.63, 3.8) is 0 Å². The van der Waals surface area contributed by atoms with Gasteiger partial charge in [-0.25, -0.2) is 4.98 Å². The molecule has 3 aromatic rings. The van der Waals surface area contributed by atoms with E-state index in [4.69, 9.17) is 0 Å². The van der Waals surface area contributed by atoms with Gasteiger partial charge in [-0.05, 0) is 37.1 Å². The summed E-state index contributed by atoms with van der Waals surface area (Å²) in [7, 11) is 0. The van der Waals surface area contributed by atoms with Crippen LogP contribution >= 0.6 is 0 Å². The van der Waals surface area contributed by atoms with Gasteiger partial charge >= 0.3 is 0 Å². The van der Waals surface area contributed by atoms with Crippen molar-refractivity contribution in [3.05, 3.63) is 88.6 Å². The van der Waals surface area contributed by atoms with Crippen molar-refractivity contribution in [3.8, 4) is 0 Å². The Morgan fingerprint density at radius 1 is 1.07 bits per heavy atom. The Morgan fingerprint density at radius 2 is 1.82 bits per heavy atom. The molecule has 1 aliphatic rings. The van der Waals surface area contributed by atoms with E-state index in [1.165, 1.54) is 4.57 Å². The van der Waals surface area contributed by atoms with Gasteiger partial charge in [0.15, 0.2) is 0 Å². The van der Waals surface area contributed by atoms with E-state index in [-0.39, 0.29) is 11.5 Å². The zero-order chi connectivity index (χ0) is 19.3. The summed E-state index contributed by atoms with van der Waals surface area (Å²) in [4.78, 5) is 29.2. The molecule has 1 aliphatic carbocycles. The topological polar surface area (TPSA) is 76.0 Å². The maximum absolute atomic E-state index is 12.6. The molecule has 2 N–H and O–H groups in total. The Balaban J connectivity index is 1.38. The number of rotatable bonds is 7. The third kappa shape index (κ3) is 4.28. The van der Waals surface area contributed by atoms with Gasteiger partial charge in [0, 0.05) is 30.8 Å². The fraction of sp³-hybridized carbons (Fsp3) is 0.227. The number of aromatic nitrogens is 2. The van der Waals surface area contributed by atoms with Crippen molar-refractivity contribution in [1.29, 1.82) is 0 Å². The quantitative estimate of drug-likeness (QED) is 0.665. The standard InChI is InChI=1S/C22H22N4O2/c27-21-14-20(16-10-11-16)24-15-26(21)13-12-23-22(28)18-8-4-5-9-19(18)25-17-6-2-1-3-7-17/h1-9,14-16,25H,10-13H2,(H,23,28). The fourth-order valence-corrected chi connectivity index (χ4v) is 3.06. The Hall–Kier alpha value is -3.41. The number of anilines is 2. The third-order valence-electron chi connectivity index (χ3n) is 4.76. The number of carbonyl (C=O) groups excluding carboxylic acids is 1. The zero-order valence-corrected chi connectivity index (χ0v) is 15.5. The van der Waals surface area contributed by atoms with E-state index in [1.54, 1.807) is 18.5 Å². The summed E-state index contributed by atoms with van der Waals surface area (Å²) in [6.07, 6.45) is 3.80. The number of para-hydroxylation sites is 2. The van der Waals surface area contributed by atoms with Crippen molar-refractivity contribution in [2.24, 2.45) is 0 Å². The molecule has 142 valence electrons. The lowest BCUT2D eigenvalue weighted by Crippen LogP contribution is -2.31. The third-order valence-corrected chi connectivity index (χ3v) is 4.76. The first kappa shape index (κ1) is 18.0. The summed E-state index contributed by atoms with van der Waals surface area (Å²) < 4.78 is 1.53. The van der Waals surface area contributed by atoms with Gasteiger partial charge in [-0.15, -0.1) is 0 Å².